The van der Waals surface area contributed by atoms with Gasteiger partial charge >= 0.3 is 0 Å². The summed E-state index contributed by atoms with van der Waals surface area (Å²) in [4.78, 5) is 20.1. The fraction of sp³-hybridized carbons (Fsp3) is 0.400. The molecule has 0 unspecified atom stereocenters. The van der Waals surface area contributed by atoms with Gasteiger partial charge in [0.1, 0.15) is 11.6 Å². The van der Waals surface area contributed by atoms with Gasteiger partial charge in [-0.3, -0.25) is 9.89 Å². The van der Waals surface area contributed by atoms with E-state index in [2.05, 4.69) is 47.5 Å². The van der Waals surface area contributed by atoms with Crippen LogP contribution in [-0.2, 0) is 10.0 Å². The smallest absolute Gasteiger partial charge is 0.281 e. The molecule has 1 aliphatic rings. The zero-order valence-corrected chi connectivity index (χ0v) is 21.2. The zero-order valence-electron chi connectivity index (χ0n) is 20.4. The van der Waals surface area contributed by atoms with E-state index in [4.69, 9.17) is 9.72 Å². The van der Waals surface area contributed by atoms with Gasteiger partial charge in [0.25, 0.3) is 15.9 Å². The predicted octanol–water partition coefficient (Wildman–Crippen LogP) is 4.49. The Morgan fingerprint density at radius 1 is 1.14 bits per heavy atom. The van der Waals surface area contributed by atoms with E-state index < -0.39 is 15.9 Å². The fourth-order valence-corrected chi connectivity index (χ4v) is 5.08. The van der Waals surface area contributed by atoms with Crippen LogP contribution in [0.1, 0.15) is 53.7 Å². The van der Waals surface area contributed by atoms with Gasteiger partial charge in [-0.2, -0.15) is 13.5 Å². The van der Waals surface area contributed by atoms with Crippen LogP contribution in [0.5, 0.6) is 5.75 Å². The number of aromatic nitrogens is 3. The first-order valence-corrected chi connectivity index (χ1v) is 13.2. The third kappa shape index (κ3) is 5.48. The van der Waals surface area contributed by atoms with Crippen LogP contribution in [0.15, 0.2) is 53.7 Å². The van der Waals surface area contributed by atoms with Gasteiger partial charge in [0.2, 0.25) is 0 Å². The van der Waals surface area contributed by atoms with E-state index in [0.29, 0.717) is 24.0 Å². The summed E-state index contributed by atoms with van der Waals surface area (Å²) in [6.45, 7) is 9.00. The highest BCUT2D eigenvalue weighted by molar-refractivity contribution is 7.90. The summed E-state index contributed by atoms with van der Waals surface area (Å²) in [5.74, 6) is 0.943. The minimum absolute atomic E-state index is 0. The van der Waals surface area contributed by atoms with Crippen molar-refractivity contribution >= 4 is 21.7 Å². The standard InChI is InChI=1S/C25H31N5O4S.2H2/c1-16(2)15-34-20-9-7-19(8-10-20)22-12-11-21(24(27-22)30-17(3)5-6-18(30)4)25(31)29-35(32,33)23-13-14-26-28-23;;/h7-14,16-18H,5-6,15H2,1-4H3,(H,26,28)(H,29,31);2*1H/t17-,18+;;. The first-order chi connectivity index (χ1) is 16.7. The molecular weight excluding hydrogens is 466 g/mol. The number of benzene rings is 1. The van der Waals surface area contributed by atoms with Crippen molar-refractivity contribution in [1.82, 2.24) is 19.9 Å². The van der Waals surface area contributed by atoms with Crippen molar-refractivity contribution in [3.8, 4) is 17.0 Å². The van der Waals surface area contributed by atoms with Crippen LogP contribution in [0.4, 0.5) is 5.82 Å². The fourth-order valence-electron chi connectivity index (χ4n) is 4.21. The number of H-pyrrole nitrogens is 1. The van der Waals surface area contributed by atoms with E-state index in [9.17, 15) is 13.2 Å². The van der Waals surface area contributed by atoms with Crippen molar-refractivity contribution < 1.29 is 20.8 Å². The molecule has 10 heteroatoms. The number of anilines is 1. The SMILES string of the molecule is CC(C)COc1ccc(-c2ccc(C(=O)NS(=O)(=O)c3ccn[nH]3)c(N3[C@H](C)CC[C@@H]3C)n2)cc1.[HH].[HH]. The molecule has 0 aliphatic carbocycles. The minimum Gasteiger partial charge on any atom is -0.493 e. The quantitative estimate of drug-likeness (QED) is 0.467. The summed E-state index contributed by atoms with van der Waals surface area (Å²) in [6, 6.07) is 12.6. The highest BCUT2D eigenvalue weighted by Gasteiger charge is 2.33. The number of carbonyl (C=O) groups excluding carboxylic acids is 1. The Balaban J connectivity index is 0.00000241. The lowest BCUT2D eigenvalue weighted by Gasteiger charge is -2.29. The third-order valence-corrected chi connectivity index (χ3v) is 7.30. The summed E-state index contributed by atoms with van der Waals surface area (Å²) in [6.07, 6.45) is 3.23. The number of nitrogens with one attached hydrogen (secondary N) is 2. The summed E-state index contributed by atoms with van der Waals surface area (Å²) in [5.41, 5.74) is 1.77. The molecular formula is C25H35N5O4S. The van der Waals surface area contributed by atoms with Gasteiger partial charge in [-0.1, -0.05) is 13.8 Å². The average molecular weight is 502 g/mol. The molecule has 2 N–H and O–H groups in total. The van der Waals surface area contributed by atoms with E-state index in [-0.39, 0.29) is 25.5 Å². The van der Waals surface area contributed by atoms with Gasteiger partial charge in [0.15, 0.2) is 5.03 Å². The Labute approximate surface area is 208 Å². The molecule has 190 valence electrons. The Bertz CT molecular complexity index is 1270. The van der Waals surface area contributed by atoms with Crippen molar-refractivity contribution in [2.75, 3.05) is 11.5 Å². The van der Waals surface area contributed by atoms with Gasteiger partial charge in [-0.05, 0) is 75.1 Å². The van der Waals surface area contributed by atoms with E-state index in [1.807, 2.05) is 24.3 Å². The molecule has 2 aromatic heterocycles. The summed E-state index contributed by atoms with van der Waals surface area (Å²) >= 11 is 0. The van der Waals surface area contributed by atoms with Gasteiger partial charge in [-0.25, -0.2) is 9.71 Å². The number of amides is 1. The molecule has 4 rings (SSSR count). The second-order valence-corrected chi connectivity index (χ2v) is 11.0. The van der Waals surface area contributed by atoms with Crippen LogP contribution in [0.3, 0.4) is 0 Å². The van der Waals surface area contributed by atoms with Crippen LogP contribution in [0.25, 0.3) is 11.3 Å². The molecule has 9 nitrogen and oxygen atoms in total. The molecule has 35 heavy (non-hydrogen) atoms. The maximum atomic E-state index is 13.2. The largest absolute Gasteiger partial charge is 0.493 e. The maximum Gasteiger partial charge on any atom is 0.281 e. The number of sulfonamides is 1. The number of hydrogen-bond donors (Lipinski definition) is 2. The van der Waals surface area contributed by atoms with Crippen LogP contribution >= 0.6 is 0 Å². The Morgan fingerprint density at radius 2 is 1.83 bits per heavy atom. The zero-order chi connectivity index (χ0) is 25.2. The Hall–Kier alpha value is -3.40. The number of nitrogens with zero attached hydrogens (tertiary/aromatic N) is 3. The molecule has 2 atom stereocenters. The van der Waals surface area contributed by atoms with E-state index in [1.54, 1.807) is 12.1 Å². The monoisotopic (exact) mass is 501 g/mol. The average Bonchev–Trinajstić information content (AvgIpc) is 3.48. The van der Waals surface area contributed by atoms with E-state index >= 15 is 0 Å². The number of carbonyl (C=O) groups is 1. The van der Waals surface area contributed by atoms with Gasteiger partial charge in [0, 0.05) is 20.5 Å². The van der Waals surface area contributed by atoms with Crippen molar-refractivity contribution in [1.29, 1.82) is 0 Å². The Kier molecular flexibility index (Phi) is 7.11. The topological polar surface area (TPSA) is 117 Å². The molecule has 0 radical (unpaired) electrons. The molecule has 0 saturated carbocycles. The molecule has 1 saturated heterocycles. The number of aromatic amines is 1. The van der Waals surface area contributed by atoms with Crippen molar-refractivity contribution in [3.63, 3.8) is 0 Å². The van der Waals surface area contributed by atoms with Gasteiger partial charge in [0.05, 0.1) is 24.1 Å². The first kappa shape index (κ1) is 24.7. The van der Waals surface area contributed by atoms with Gasteiger partial charge < -0.3 is 9.64 Å². The number of ether oxygens (including phenoxy) is 1. The molecule has 0 bridgehead atoms. The molecule has 0 spiro atoms. The molecule has 1 amide bonds. The number of pyridine rings is 1. The number of hydrogen-bond acceptors (Lipinski definition) is 7. The Morgan fingerprint density at radius 3 is 2.43 bits per heavy atom. The van der Waals surface area contributed by atoms with Crippen LogP contribution in [0, 0.1) is 5.92 Å². The van der Waals surface area contributed by atoms with Crippen molar-refractivity contribution in [2.24, 2.45) is 5.92 Å². The summed E-state index contributed by atoms with van der Waals surface area (Å²) < 4.78 is 33.1. The lowest BCUT2D eigenvalue weighted by molar-refractivity contribution is 0.0981. The molecule has 1 aromatic carbocycles. The van der Waals surface area contributed by atoms with Crippen LogP contribution in [-0.4, -0.2) is 48.2 Å². The van der Waals surface area contributed by atoms with Crippen LogP contribution in [0.2, 0.25) is 0 Å². The molecule has 3 heterocycles. The predicted molar refractivity (Wildman–Crippen MR) is 138 cm³/mol. The van der Waals surface area contributed by atoms with Crippen molar-refractivity contribution in [3.05, 3.63) is 54.2 Å². The van der Waals surface area contributed by atoms with Gasteiger partial charge in [-0.15, -0.1) is 0 Å². The summed E-state index contributed by atoms with van der Waals surface area (Å²) in [5, 5.41) is 5.85. The minimum atomic E-state index is -4.09. The molecule has 1 fully saturated rings. The lowest BCUT2D eigenvalue weighted by atomic mass is 10.1. The number of rotatable bonds is 8. The molecule has 3 aromatic rings. The first-order valence-electron chi connectivity index (χ1n) is 11.7. The third-order valence-electron chi connectivity index (χ3n) is 6.04. The second kappa shape index (κ2) is 10.1. The normalized spacial score (nSPS) is 18.1. The maximum absolute atomic E-state index is 13.2. The van der Waals surface area contributed by atoms with Crippen molar-refractivity contribution in [2.45, 2.75) is 57.6 Å². The van der Waals surface area contributed by atoms with Crippen LogP contribution < -0.4 is 14.4 Å². The van der Waals surface area contributed by atoms with E-state index in [1.165, 1.54) is 12.3 Å². The lowest BCUT2D eigenvalue weighted by Crippen LogP contribution is -2.37. The highest BCUT2D eigenvalue weighted by Crippen LogP contribution is 2.33. The summed E-state index contributed by atoms with van der Waals surface area (Å²) in [7, 11) is -4.09. The second-order valence-electron chi connectivity index (χ2n) is 9.34. The highest BCUT2D eigenvalue weighted by atomic mass is 32.2. The van der Waals surface area contributed by atoms with E-state index in [0.717, 1.165) is 24.2 Å². The molecule has 1 aliphatic heterocycles.